The molecule has 0 saturated carbocycles. The molecule has 0 aliphatic heterocycles. The summed E-state index contributed by atoms with van der Waals surface area (Å²) < 4.78 is 8.77. The first-order valence-electron chi connectivity index (χ1n) is 17.2. The lowest BCUT2D eigenvalue weighted by molar-refractivity contribution is 0.666. The third-order valence-electron chi connectivity index (χ3n) is 9.86. The molecule has 0 saturated heterocycles. The van der Waals surface area contributed by atoms with Crippen LogP contribution in [0.3, 0.4) is 0 Å². The summed E-state index contributed by atoms with van der Waals surface area (Å²) in [6.45, 7) is 0. The SMILES string of the molecule is c1ccc(-c2nc(-c3ccccc3)nc(-c3nc(-n4c5ccc6ccccc6c5c5ccc6ccccc6c54)nc4c3oc3ccccc34)n2)cc1. The number of benzene rings is 7. The van der Waals surface area contributed by atoms with Gasteiger partial charge in [-0.25, -0.2) is 24.9 Å². The summed E-state index contributed by atoms with van der Waals surface area (Å²) >= 11 is 0. The molecule has 0 atom stereocenters. The van der Waals surface area contributed by atoms with Crippen LogP contribution in [-0.2, 0) is 0 Å². The van der Waals surface area contributed by atoms with E-state index in [0.717, 1.165) is 49.1 Å². The predicted molar refractivity (Wildman–Crippen MR) is 208 cm³/mol. The van der Waals surface area contributed by atoms with Crippen molar-refractivity contribution < 1.29 is 4.42 Å². The summed E-state index contributed by atoms with van der Waals surface area (Å²) in [5, 5.41) is 7.76. The van der Waals surface area contributed by atoms with Crippen LogP contribution in [-0.4, -0.2) is 29.5 Å². The van der Waals surface area contributed by atoms with Crippen molar-refractivity contribution in [2.75, 3.05) is 0 Å². The molecular weight excluding hydrogens is 641 g/mol. The summed E-state index contributed by atoms with van der Waals surface area (Å²) in [6, 6.07) is 53.7. The first-order valence-corrected chi connectivity index (χ1v) is 17.2. The van der Waals surface area contributed by atoms with Crippen LogP contribution in [0.5, 0.6) is 0 Å². The van der Waals surface area contributed by atoms with Gasteiger partial charge in [0, 0.05) is 32.7 Å². The van der Waals surface area contributed by atoms with Gasteiger partial charge in [0.1, 0.15) is 11.1 Å². The molecule has 0 aliphatic carbocycles. The molecule has 0 radical (unpaired) electrons. The Balaban J connectivity index is 1.29. The van der Waals surface area contributed by atoms with Crippen LogP contribution in [0.1, 0.15) is 0 Å². The van der Waals surface area contributed by atoms with Gasteiger partial charge >= 0.3 is 0 Å². The summed E-state index contributed by atoms with van der Waals surface area (Å²) in [5.74, 6) is 1.99. The first kappa shape index (κ1) is 28.6. The molecule has 0 bridgehead atoms. The molecule has 52 heavy (non-hydrogen) atoms. The molecule has 7 nitrogen and oxygen atoms in total. The third kappa shape index (κ3) is 4.29. The molecule has 4 heterocycles. The zero-order chi connectivity index (χ0) is 34.2. The number of para-hydroxylation sites is 1. The van der Waals surface area contributed by atoms with E-state index in [2.05, 4.69) is 77.4 Å². The van der Waals surface area contributed by atoms with Crippen LogP contribution in [0.2, 0.25) is 0 Å². The van der Waals surface area contributed by atoms with E-state index in [1.165, 1.54) is 10.8 Å². The van der Waals surface area contributed by atoms with E-state index in [1.807, 2.05) is 84.9 Å². The number of rotatable bonds is 4. The number of hydrogen-bond donors (Lipinski definition) is 0. The molecule has 0 aliphatic rings. The topological polar surface area (TPSA) is 82.5 Å². The third-order valence-corrected chi connectivity index (χ3v) is 9.86. The highest BCUT2D eigenvalue weighted by atomic mass is 16.3. The standard InChI is InChI=1S/C45H26N6O/c1-3-15-29(16-4-1)42-48-43(30-17-5-2-6-18-30)50-44(49-42)39-41-38(33-21-11-12-22-36(33)52-41)46-45(47-39)51-35-26-24-27-13-7-9-19-31(27)37(35)34-25-23-28-14-8-10-20-32(28)40(34)51/h1-26H. The van der Waals surface area contributed by atoms with E-state index < -0.39 is 0 Å². The Hall–Kier alpha value is -7.25. The Morgan fingerprint density at radius 2 is 1.00 bits per heavy atom. The number of aromatic nitrogens is 6. The molecule has 11 rings (SSSR count). The maximum Gasteiger partial charge on any atom is 0.236 e. The maximum absolute atomic E-state index is 6.57. The highest BCUT2D eigenvalue weighted by Gasteiger charge is 2.25. The Morgan fingerprint density at radius 1 is 0.423 bits per heavy atom. The van der Waals surface area contributed by atoms with Crippen molar-refractivity contribution in [2.24, 2.45) is 0 Å². The van der Waals surface area contributed by atoms with Crippen molar-refractivity contribution in [2.45, 2.75) is 0 Å². The highest BCUT2D eigenvalue weighted by Crippen LogP contribution is 2.41. The molecule has 0 amide bonds. The lowest BCUT2D eigenvalue weighted by atomic mass is 10.0. The van der Waals surface area contributed by atoms with Gasteiger partial charge in [-0.2, -0.15) is 0 Å². The summed E-state index contributed by atoms with van der Waals surface area (Å²) in [5.41, 5.74) is 6.20. The van der Waals surface area contributed by atoms with Gasteiger partial charge in [-0.05, 0) is 34.4 Å². The van der Waals surface area contributed by atoms with Crippen LogP contribution >= 0.6 is 0 Å². The second kappa shape index (κ2) is 11.1. The summed E-state index contributed by atoms with van der Waals surface area (Å²) in [7, 11) is 0. The van der Waals surface area contributed by atoms with Crippen LogP contribution in [0.15, 0.2) is 162 Å². The van der Waals surface area contributed by atoms with Crippen molar-refractivity contribution >= 4 is 65.4 Å². The van der Waals surface area contributed by atoms with Crippen LogP contribution in [0.25, 0.3) is 106 Å². The minimum atomic E-state index is 0.400. The largest absolute Gasteiger partial charge is 0.452 e. The molecule has 0 unspecified atom stereocenters. The second-order valence-corrected chi connectivity index (χ2v) is 12.9. The van der Waals surface area contributed by atoms with Crippen molar-refractivity contribution in [3.63, 3.8) is 0 Å². The van der Waals surface area contributed by atoms with E-state index >= 15 is 0 Å². The fourth-order valence-corrected chi connectivity index (χ4v) is 7.50. The van der Waals surface area contributed by atoms with Gasteiger partial charge in [-0.15, -0.1) is 0 Å². The van der Waals surface area contributed by atoms with Gasteiger partial charge in [-0.1, -0.05) is 140 Å². The Labute approximate surface area is 296 Å². The average Bonchev–Trinajstić information content (AvgIpc) is 3.77. The summed E-state index contributed by atoms with van der Waals surface area (Å²) in [4.78, 5) is 25.8. The second-order valence-electron chi connectivity index (χ2n) is 12.9. The first-order chi connectivity index (χ1) is 25.8. The monoisotopic (exact) mass is 666 g/mol. The van der Waals surface area contributed by atoms with Gasteiger partial charge in [0.2, 0.25) is 5.95 Å². The van der Waals surface area contributed by atoms with Crippen molar-refractivity contribution in [3.05, 3.63) is 158 Å². The normalized spacial score (nSPS) is 11.8. The lowest BCUT2D eigenvalue weighted by Gasteiger charge is -2.11. The van der Waals surface area contributed by atoms with E-state index in [1.54, 1.807) is 0 Å². The number of nitrogens with zero attached hydrogens (tertiary/aromatic N) is 6. The van der Waals surface area contributed by atoms with Gasteiger partial charge in [0.15, 0.2) is 28.8 Å². The Bertz CT molecular complexity index is 3130. The molecule has 7 aromatic carbocycles. The lowest BCUT2D eigenvalue weighted by Crippen LogP contribution is -2.06. The predicted octanol–water partition coefficient (Wildman–Crippen LogP) is 11.0. The minimum Gasteiger partial charge on any atom is -0.452 e. The van der Waals surface area contributed by atoms with Crippen LogP contribution < -0.4 is 0 Å². The van der Waals surface area contributed by atoms with Crippen molar-refractivity contribution in [3.8, 4) is 40.2 Å². The molecule has 7 heteroatoms. The fraction of sp³-hybridized carbons (Fsp3) is 0. The van der Waals surface area contributed by atoms with Gasteiger partial charge < -0.3 is 4.42 Å². The van der Waals surface area contributed by atoms with Gasteiger partial charge in [-0.3, -0.25) is 4.57 Å². The highest BCUT2D eigenvalue weighted by molar-refractivity contribution is 6.26. The number of furan rings is 1. The minimum absolute atomic E-state index is 0.400. The van der Waals surface area contributed by atoms with Crippen molar-refractivity contribution in [1.29, 1.82) is 0 Å². The van der Waals surface area contributed by atoms with Gasteiger partial charge in [0.25, 0.3) is 0 Å². The quantitative estimate of drug-likeness (QED) is 0.186. The molecule has 0 fully saturated rings. The maximum atomic E-state index is 6.57. The molecular formula is C45H26N6O. The van der Waals surface area contributed by atoms with E-state index in [4.69, 9.17) is 29.3 Å². The molecule has 242 valence electrons. The fourth-order valence-electron chi connectivity index (χ4n) is 7.50. The molecule has 4 aromatic heterocycles. The average molecular weight is 667 g/mol. The zero-order valence-corrected chi connectivity index (χ0v) is 27.6. The van der Waals surface area contributed by atoms with E-state index in [9.17, 15) is 0 Å². The van der Waals surface area contributed by atoms with Crippen molar-refractivity contribution in [1.82, 2.24) is 29.5 Å². The smallest absolute Gasteiger partial charge is 0.236 e. The molecule has 0 N–H and O–H groups in total. The Morgan fingerprint density at radius 3 is 1.73 bits per heavy atom. The Kier molecular flexibility index (Phi) is 6.12. The zero-order valence-electron chi connectivity index (χ0n) is 27.6. The van der Waals surface area contributed by atoms with Crippen LogP contribution in [0, 0.1) is 0 Å². The van der Waals surface area contributed by atoms with E-state index in [0.29, 0.717) is 45.8 Å². The summed E-state index contributed by atoms with van der Waals surface area (Å²) in [6.07, 6.45) is 0. The van der Waals surface area contributed by atoms with E-state index in [-0.39, 0.29) is 0 Å². The number of fused-ring (bicyclic) bond motifs is 10. The molecule has 0 spiro atoms. The number of hydrogen-bond acceptors (Lipinski definition) is 6. The van der Waals surface area contributed by atoms with Gasteiger partial charge in [0.05, 0.1) is 11.0 Å². The van der Waals surface area contributed by atoms with Crippen LogP contribution in [0.4, 0.5) is 0 Å². The molecule has 11 aromatic rings.